The van der Waals surface area contributed by atoms with Crippen molar-refractivity contribution in [2.75, 3.05) is 6.54 Å². The second kappa shape index (κ2) is 7.85. The van der Waals surface area contributed by atoms with Gasteiger partial charge in [-0.2, -0.15) is 0 Å². The molecule has 4 nitrogen and oxygen atoms in total. The first-order valence-corrected chi connectivity index (χ1v) is 10.9. The van der Waals surface area contributed by atoms with Crippen molar-refractivity contribution in [3.63, 3.8) is 0 Å². The third kappa shape index (κ3) is 3.72. The summed E-state index contributed by atoms with van der Waals surface area (Å²) < 4.78 is 19.8. The van der Waals surface area contributed by atoms with Crippen LogP contribution in [0.25, 0.3) is 10.9 Å². The fourth-order valence-electron chi connectivity index (χ4n) is 4.21. The van der Waals surface area contributed by atoms with Gasteiger partial charge in [-0.05, 0) is 66.9 Å². The number of carbonyl (C=O) groups is 1. The molecule has 0 saturated heterocycles. The predicted molar refractivity (Wildman–Crippen MR) is 122 cm³/mol. The van der Waals surface area contributed by atoms with Crippen molar-refractivity contribution in [2.45, 2.75) is 19.4 Å². The number of carbonyl (C=O) groups excluding carboxylic acids is 1. The van der Waals surface area contributed by atoms with E-state index < -0.39 is 6.09 Å². The Hall–Kier alpha value is -3.12. The van der Waals surface area contributed by atoms with Crippen molar-refractivity contribution in [2.24, 2.45) is 0 Å². The highest BCUT2D eigenvalue weighted by atomic mass is 79.9. The first-order chi connectivity index (χ1) is 15.0. The van der Waals surface area contributed by atoms with Crippen molar-refractivity contribution in [1.29, 1.82) is 0 Å². The van der Waals surface area contributed by atoms with Gasteiger partial charge in [0.25, 0.3) is 0 Å². The fraction of sp³-hybridized carbons (Fsp3) is 0.160. The van der Waals surface area contributed by atoms with Crippen LogP contribution in [0.3, 0.4) is 0 Å². The molecule has 2 heterocycles. The molecule has 0 saturated carbocycles. The summed E-state index contributed by atoms with van der Waals surface area (Å²) in [5.41, 5.74) is 5.42. The highest BCUT2D eigenvalue weighted by Crippen LogP contribution is 2.39. The van der Waals surface area contributed by atoms with Gasteiger partial charge in [-0.1, -0.05) is 45.8 Å². The molecule has 0 aliphatic carbocycles. The molecule has 1 unspecified atom stereocenters. The van der Waals surface area contributed by atoms with E-state index in [-0.39, 0.29) is 11.9 Å². The number of aromatic nitrogens is 1. The van der Waals surface area contributed by atoms with Crippen LogP contribution in [0.5, 0.6) is 5.75 Å². The number of aromatic amines is 1. The number of hydrogen-bond acceptors (Lipinski definition) is 2. The van der Waals surface area contributed by atoms with Crippen molar-refractivity contribution >= 4 is 32.9 Å². The van der Waals surface area contributed by atoms with Gasteiger partial charge >= 0.3 is 6.09 Å². The lowest BCUT2D eigenvalue weighted by Crippen LogP contribution is -2.42. The summed E-state index contributed by atoms with van der Waals surface area (Å²) in [6.07, 6.45) is 0.259. The molecule has 0 bridgehead atoms. The zero-order valence-electron chi connectivity index (χ0n) is 16.9. The molecule has 3 aromatic carbocycles. The molecule has 31 heavy (non-hydrogen) atoms. The van der Waals surface area contributed by atoms with Crippen LogP contribution in [-0.2, 0) is 6.42 Å². The maximum Gasteiger partial charge on any atom is 0.416 e. The Morgan fingerprint density at radius 3 is 2.58 bits per heavy atom. The molecule has 5 rings (SSSR count). The summed E-state index contributed by atoms with van der Waals surface area (Å²) in [7, 11) is 0. The van der Waals surface area contributed by atoms with E-state index in [0.717, 1.165) is 32.2 Å². The first-order valence-electron chi connectivity index (χ1n) is 10.1. The van der Waals surface area contributed by atoms with E-state index in [0.29, 0.717) is 18.7 Å². The molecule has 1 atom stereocenters. The molecule has 0 radical (unpaired) electrons. The monoisotopic (exact) mass is 478 g/mol. The summed E-state index contributed by atoms with van der Waals surface area (Å²) in [6.45, 7) is 2.56. The molecule has 6 heteroatoms. The van der Waals surface area contributed by atoms with Gasteiger partial charge in [0.2, 0.25) is 0 Å². The maximum absolute atomic E-state index is 13.2. The normalized spacial score (nSPS) is 15.7. The van der Waals surface area contributed by atoms with E-state index in [1.54, 1.807) is 4.90 Å². The Morgan fingerprint density at radius 2 is 1.84 bits per heavy atom. The molecule has 1 amide bonds. The average molecular weight is 479 g/mol. The molecule has 156 valence electrons. The predicted octanol–water partition coefficient (Wildman–Crippen LogP) is 6.52. The smallest absolute Gasteiger partial charge is 0.410 e. The Labute approximate surface area is 187 Å². The van der Waals surface area contributed by atoms with E-state index in [1.807, 2.05) is 31.2 Å². The maximum atomic E-state index is 13.2. The topological polar surface area (TPSA) is 45.3 Å². The van der Waals surface area contributed by atoms with Crippen molar-refractivity contribution < 1.29 is 13.9 Å². The van der Waals surface area contributed by atoms with Crippen LogP contribution in [0.2, 0.25) is 0 Å². The van der Waals surface area contributed by atoms with Crippen LogP contribution in [-0.4, -0.2) is 22.5 Å². The van der Waals surface area contributed by atoms with Crippen LogP contribution in [0.15, 0.2) is 71.2 Å². The molecule has 0 spiro atoms. The lowest BCUT2D eigenvalue weighted by atomic mass is 9.92. The highest BCUT2D eigenvalue weighted by Gasteiger charge is 2.35. The van der Waals surface area contributed by atoms with Crippen molar-refractivity contribution in [3.05, 3.63) is 99.4 Å². The molecule has 0 fully saturated rings. The third-order valence-electron chi connectivity index (χ3n) is 5.74. The van der Waals surface area contributed by atoms with Gasteiger partial charge in [0.05, 0.1) is 0 Å². The summed E-state index contributed by atoms with van der Waals surface area (Å²) >= 11 is 3.57. The number of halogens is 2. The molecule has 1 aliphatic heterocycles. The quantitative estimate of drug-likeness (QED) is 0.356. The minimum Gasteiger partial charge on any atom is -0.410 e. The molecule has 4 aromatic rings. The average Bonchev–Trinajstić information content (AvgIpc) is 3.13. The van der Waals surface area contributed by atoms with Gasteiger partial charge in [-0.15, -0.1) is 0 Å². The van der Waals surface area contributed by atoms with Crippen LogP contribution in [0.1, 0.15) is 28.4 Å². The summed E-state index contributed by atoms with van der Waals surface area (Å²) in [6, 6.07) is 19.5. The van der Waals surface area contributed by atoms with E-state index in [4.69, 9.17) is 4.74 Å². The second-order valence-electron chi connectivity index (χ2n) is 7.79. The molecule has 1 aliphatic rings. The lowest BCUT2D eigenvalue weighted by Gasteiger charge is -2.35. The largest absolute Gasteiger partial charge is 0.416 e. The Kier molecular flexibility index (Phi) is 5.02. The number of nitrogens with zero attached hydrogens (tertiary/aromatic N) is 1. The molecule has 1 aromatic heterocycles. The standard InChI is InChI=1S/C25H20BrFN2O2/c1-15-2-4-16(5-3-15)24-23-20(21-14-17(26)6-11-22(21)28-23)12-13-29(24)25(30)31-19-9-7-18(27)8-10-19/h2-11,14,24,28H,12-13H2,1H3. The van der Waals surface area contributed by atoms with Crippen molar-refractivity contribution in [3.8, 4) is 5.75 Å². The number of nitrogens with one attached hydrogen (secondary N) is 1. The van der Waals surface area contributed by atoms with Crippen LogP contribution in [0, 0.1) is 12.7 Å². The Morgan fingerprint density at radius 1 is 1.10 bits per heavy atom. The molecule has 1 N–H and O–H groups in total. The van der Waals surface area contributed by atoms with E-state index >= 15 is 0 Å². The van der Waals surface area contributed by atoms with E-state index in [2.05, 4.69) is 39.1 Å². The number of H-pyrrole nitrogens is 1. The van der Waals surface area contributed by atoms with Gasteiger partial charge < -0.3 is 9.72 Å². The number of fused-ring (bicyclic) bond motifs is 3. The van der Waals surface area contributed by atoms with E-state index in [1.165, 1.54) is 29.8 Å². The molecular weight excluding hydrogens is 459 g/mol. The fourth-order valence-corrected chi connectivity index (χ4v) is 4.58. The van der Waals surface area contributed by atoms with Crippen LogP contribution < -0.4 is 4.74 Å². The highest BCUT2D eigenvalue weighted by molar-refractivity contribution is 9.10. The minimum atomic E-state index is -0.456. The number of ether oxygens (including phenoxy) is 1. The van der Waals surface area contributed by atoms with E-state index in [9.17, 15) is 9.18 Å². The Balaban J connectivity index is 1.58. The summed E-state index contributed by atoms with van der Waals surface area (Å²) in [4.78, 5) is 18.5. The number of rotatable bonds is 2. The molecular formula is C25H20BrFN2O2. The van der Waals surface area contributed by atoms with Gasteiger partial charge in [0.15, 0.2) is 0 Å². The zero-order chi connectivity index (χ0) is 21.5. The second-order valence-corrected chi connectivity index (χ2v) is 8.70. The SMILES string of the molecule is Cc1ccc(C2c3[nH]c4ccc(Br)cc4c3CCN2C(=O)Oc2ccc(F)cc2)cc1. The lowest BCUT2D eigenvalue weighted by molar-refractivity contribution is 0.135. The summed E-state index contributed by atoms with van der Waals surface area (Å²) in [5.74, 6) is -0.0513. The first kappa shape index (κ1) is 19.8. The van der Waals surface area contributed by atoms with Gasteiger partial charge in [0.1, 0.15) is 17.6 Å². The number of amides is 1. The number of benzene rings is 3. The summed E-state index contributed by atoms with van der Waals surface area (Å²) in [5, 5.41) is 1.16. The minimum absolute atomic E-state index is 0.302. The number of hydrogen-bond donors (Lipinski definition) is 1. The van der Waals surface area contributed by atoms with Gasteiger partial charge in [-0.3, -0.25) is 4.90 Å². The number of aryl methyl sites for hydroxylation is 1. The van der Waals surface area contributed by atoms with Crippen LogP contribution >= 0.6 is 15.9 Å². The van der Waals surface area contributed by atoms with Gasteiger partial charge in [0, 0.05) is 27.6 Å². The zero-order valence-corrected chi connectivity index (χ0v) is 18.4. The third-order valence-corrected chi connectivity index (χ3v) is 6.23. The van der Waals surface area contributed by atoms with Crippen LogP contribution in [0.4, 0.5) is 9.18 Å². The van der Waals surface area contributed by atoms with Gasteiger partial charge in [-0.25, -0.2) is 9.18 Å². The van der Waals surface area contributed by atoms with Crippen molar-refractivity contribution in [1.82, 2.24) is 9.88 Å². The Bertz CT molecular complexity index is 1270.